The molecule has 1 aliphatic heterocycles. The van der Waals surface area contributed by atoms with Crippen LogP contribution in [0.4, 0.5) is 0 Å². The fourth-order valence-electron chi connectivity index (χ4n) is 1.55. The molecule has 0 saturated carbocycles. The van der Waals surface area contributed by atoms with Gasteiger partial charge in [0.05, 0.1) is 0 Å². The van der Waals surface area contributed by atoms with Crippen LogP contribution in [-0.4, -0.2) is 29.0 Å². The zero-order chi connectivity index (χ0) is 10.7. The highest BCUT2D eigenvalue weighted by atomic mass is 16.2. The molecule has 1 rings (SSSR count). The van der Waals surface area contributed by atoms with Gasteiger partial charge in [-0.15, -0.1) is 0 Å². The van der Waals surface area contributed by atoms with Crippen LogP contribution in [0.15, 0.2) is 0 Å². The minimum absolute atomic E-state index is 0.00391. The Morgan fingerprint density at radius 3 is 2.29 bits per heavy atom. The quantitative estimate of drug-likeness (QED) is 0.627. The zero-order valence-corrected chi connectivity index (χ0v) is 8.58. The van der Waals surface area contributed by atoms with Gasteiger partial charge in [0, 0.05) is 25.8 Å². The molecule has 0 atom stereocenters. The molecule has 0 aliphatic carbocycles. The average molecular weight is 197 g/mol. The first-order valence-electron chi connectivity index (χ1n) is 4.83. The largest absolute Gasteiger partial charge is 0.300 e. The maximum atomic E-state index is 11.4. The van der Waals surface area contributed by atoms with Crippen LogP contribution in [0, 0.1) is 5.92 Å². The summed E-state index contributed by atoms with van der Waals surface area (Å²) < 4.78 is 0. The number of ketones is 1. The highest BCUT2D eigenvalue weighted by Gasteiger charge is 2.29. The van der Waals surface area contributed by atoms with Gasteiger partial charge < -0.3 is 0 Å². The SMILES string of the molecule is CC(=O)CCN1C(=O)CC(C)CC1=O. The van der Waals surface area contributed by atoms with E-state index in [2.05, 4.69) is 0 Å². The lowest BCUT2D eigenvalue weighted by Crippen LogP contribution is -2.43. The van der Waals surface area contributed by atoms with E-state index in [1.807, 2.05) is 6.92 Å². The summed E-state index contributed by atoms with van der Waals surface area (Å²) in [5, 5.41) is 0. The second-order valence-corrected chi connectivity index (χ2v) is 3.90. The van der Waals surface area contributed by atoms with Gasteiger partial charge in [0.2, 0.25) is 11.8 Å². The molecule has 1 fully saturated rings. The van der Waals surface area contributed by atoms with E-state index in [0.717, 1.165) is 0 Å². The average Bonchev–Trinajstić information content (AvgIpc) is 2.01. The molecular formula is C10H15NO3. The van der Waals surface area contributed by atoms with Gasteiger partial charge in [-0.3, -0.25) is 19.3 Å². The van der Waals surface area contributed by atoms with Crippen LogP contribution in [0.1, 0.15) is 33.1 Å². The van der Waals surface area contributed by atoms with Crippen molar-refractivity contribution in [3.8, 4) is 0 Å². The molecule has 0 aromatic heterocycles. The van der Waals surface area contributed by atoms with Crippen LogP contribution in [0.5, 0.6) is 0 Å². The van der Waals surface area contributed by atoms with Crippen LogP contribution in [-0.2, 0) is 14.4 Å². The maximum absolute atomic E-state index is 11.4. The summed E-state index contributed by atoms with van der Waals surface area (Å²) in [6, 6.07) is 0. The Labute approximate surface area is 83.3 Å². The van der Waals surface area contributed by atoms with E-state index in [9.17, 15) is 14.4 Å². The molecule has 1 heterocycles. The van der Waals surface area contributed by atoms with Crippen molar-refractivity contribution in [1.82, 2.24) is 4.90 Å². The number of hydrogen-bond donors (Lipinski definition) is 0. The third kappa shape index (κ3) is 2.65. The Kier molecular flexibility index (Phi) is 3.38. The Hall–Kier alpha value is -1.19. The molecule has 1 saturated heterocycles. The first kappa shape index (κ1) is 10.9. The van der Waals surface area contributed by atoms with E-state index in [1.54, 1.807) is 0 Å². The maximum Gasteiger partial charge on any atom is 0.229 e. The van der Waals surface area contributed by atoms with Gasteiger partial charge >= 0.3 is 0 Å². The third-order valence-corrected chi connectivity index (χ3v) is 2.34. The summed E-state index contributed by atoms with van der Waals surface area (Å²) >= 11 is 0. The number of carbonyl (C=O) groups is 3. The van der Waals surface area contributed by atoms with Gasteiger partial charge in [0.25, 0.3) is 0 Å². The standard InChI is InChI=1S/C10H15NO3/c1-7-5-9(13)11(10(14)6-7)4-3-8(2)12/h7H,3-6H2,1-2H3. The molecule has 1 aliphatic rings. The lowest BCUT2D eigenvalue weighted by molar-refractivity contribution is -0.149. The fraction of sp³-hybridized carbons (Fsp3) is 0.700. The number of amides is 2. The van der Waals surface area contributed by atoms with Crippen molar-refractivity contribution in [3.05, 3.63) is 0 Å². The number of likely N-dealkylation sites (tertiary alicyclic amines) is 1. The van der Waals surface area contributed by atoms with Crippen molar-refractivity contribution in [2.45, 2.75) is 33.1 Å². The first-order valence-corrected chi connectivity index (χ1v) is 4.83. The molecule has 0 aromatic rings. The van der Waals surface area contributed by atoms with Gasteiger partial charge in [0.15, 0.2) is 0 Å². The number of imide groups is 1. The van der Waals surface area contributed by atoms with Crippen molar-refractivity contribution < 1.29 is 14.4 Å². The number of carbonyl (C=O) groups excluding carboxylic acids is 3. The van der Waals surface area contributed by atoms with Crippen LogP contribution in [0.2, 0.25) is 0 Å². The van der Waals surface area contributed by atoms with Crippen molar-refractivity contribution in [3.63, 3.8) is 0 Å². The lowest BCUT2D eigenvalue weighted by atomic mass is 9.97. The van der Waals surface area contributed by atoms with Crippen molar-refractivity contribution in [1.29, 1.82) is 0 Å². The molecule has 78 valence electrons. The normalized spacial score (nSPS) is 18.9. The fourth-order valence-corrected chi connectivity index (χ4v) is 1.55. The Bertz CT molecular complexity index is 255. The molecular weight excluding hydrogens is 182 g/mol. The van der Waals surface area contributed by atoms with Gasteiger partial charge in [0.1, 0.15) is 5.78 Å². The number of rotatable bonds is 3. The highest BCUT2D eigenvalue weighted by molar-refractivity contribution is 5.98. The van der Waals surface area contributed by atoms with Crippen LogP contribution in [0.25, 0.3) is 0 Å². The van der Waals surface area contributed by atoms with E-state index < -0.39 is 0 Å². The Morgan fingerprint density at radius 1 is 1.36 bits per heavy atom. The minimum atomic E-state index is -0.144. The molecule has 14 heavy (non-hydrogen) atoms. The van der Waals surface area contributed by atoms with E-state index in [-0.39, 0.29) is 36.5 Å². The van der Waals surface area contributed by atoms with Crippen molar-refractivity contribution in [2.24, 2.45) is 5.92 Å². The zero-order valence-electron chi connectivity index (χ0n) is 8.58. The lowest BCUT2D eigenvalue weighted by Gasteiger charge is -2.27. The molecule has 4 heteroatoms. The summed E-state index contributed by atoms with van der Waals surface area (Å²) in [4.78, 5) is 34.8. The number of piperidine rings is 1. The van der Waals surface area contributed by atoms with Crippen LogP contribution >= 0.6 is 0 Å². The molecule has 0 radical (unpaired) electrons. The van der Waals surface area contributed by atoms with E-state index >= 15 is 0 Å². The van der Waals surface area contributed by atoms with E-state index in [1.165, 1.54) is 11.8 Å². The van der Waals surface area contributed by atoms with Gasteiger partial charge in [-0.05, 0) is 12.8 Å². The Balaban J connectivity index is 2.54. The second-order valence-electron chi connectivity index (χ2n) is 3.90. The molecule has 0 N–H and O–H groups in total. The Morgan fingerprint density at radius 2 is 1.86 bits per heavy atom. The van der Waals surface area contributed by atoms with Gasteiger partial charge in [-0.2, -0.15) is 0 Å². The molecule has 4 nitrogen and oxygen atoms in total. The summed E-state index contributed by atoms with van der Waals surface area (Å²) in [6.45, 7) is 3.60. The molecule has 0 unspecified atom stereocenters. The molecule has 0 spiro atoms. The van der Waals surface area contributed by atoms with Crippen molar-refractivity contribution in [2.75, 3.05) is 6.54 Å². The second kappa shape index (κ2) is 4.35. The summed E-state index contributed by atoms with van der Waals surface area (Å²) in [6.07, 6.45) is 1.11. The van der Waals surface area contributed by atoms with E-state index in [4.69, 9.17) is 0 Å². The predicted molar refractivity (Wildman–Crippen MR) is 50.4 cm³/mol. The van der Waals surface area contributed by atoms with Gasteiger partial charge in [-0.1, -0.05) is 6.92 Å². The topological polar surface area (TPSA) is 54.5 Å². The monoisotopic (exact) mass is 197 g/mol. The summed E-state index contributed by atoms with van der Waals surface area (Å²) in [7, 11) is 0. The minimum Gasteiger partial charge on any atom is -0.300 e. The predicted octanol–water partition coefficient (Wildman–Crippen LogP) is 0.751. The van der Waals surface area contributed by atoms with Gasteiger partial charge in [-0.25, -0.2) is 0 Å². The third-order valence-electron chi connectivity index (χ3n) is 2.34. The number of Topliss-reactive ketones (excluding diaryl/α,β-unsaturated/α-hetero) is 1. The van der Waals surface area contributed by atoms with Crippen LogP contribution in [0.3, 0.4) is 0 Å². The van der Waals surface area contributed by atoms with Crippen molar-refractivity contribution >= 4 is 17.6 Å². The van der Waals surface area contributed by atoms with Crippen LogP contribution < -0.4 is 0 Å². The number of nitrogens with zero attached hydrogens (tertiary/aromatic N) is 1. The summed E-state index contributed by atoms with van der Waals surface area (Å²) in [5.74, 6) is -0.141. The highest BCUT2D eigenvalue weighted by Crippen LogP contribution is 2.18. The van der Waals surface area contributed by atoms with E-state index in [0.29, 0.717) is 12.8 Å². The summed E-state index contributed by atoms with van der Waals surface area (Å²) in [5.41, 5.74) is 0. The number of hydrogen-bond acceptors (Lipinski definition) is 3. The molecule has 0 aromatic carbocycles. The molecule has 0 bridgehead atoms. The first-order chi connectivity index (χ1) is 6.50. The smallest absolute Gasteiger partial charge is 0.229 e. The molecule has 2 amide bonds.